The van der Waals surface area contributed by atoms with Crippen molar-refractivity contribution in [3.63, 3.8) is 0 Å². The van der Waals surface area contributed by atoms with Gasteiger partial charge in [-0.15, -0.1) is 0 Å². The van der Waals surface area contributed by atoms with Gasteiger partial charge >= 0.3 is 5.97 Å². The van der Waals surface area contributed by atoms with Gasteiger partial charge in [-0.3, -0.25) is 9.59 Å². The lowest BCUT2D eigenvalue weighted by atomic mass is 9.91. The number of nitrogens with zero attached hydrogens (tertiary/aromatic N) is 2. The molecule has 0 radical (unpaired) electrons. The highest BCUT2D eigenvalue weighted by molar-refractivity contribution is 6.06. The molecular formula is C19H22N2O6. The molecule has 2 amide bonds. The molecule has 8 nitrogen and oxygen atoms in total. The van der Waals surface area contributed by atoms with Gasteiger partial charge in [0.25, 0.3) is 5.91 Å². The summed E-state index contributed by atoms with van der Waals surface area (Å²) >= 11 is 0. The van der Waals surface area contributed by atoms with Crippen LogP contribution in [0.15, 0.2) is 24.3 Å². The zero-order chi connectivity index (χ0) is 19.5. The largest absolute Gasteiger partial charge is 0.497 e. The van der Waals surface area contributed by atoms with E-state index in [1.165, 1.54) is 19.1 Å². The monoisotopic (exact) mass is 374 g/mol. The molecule has 3 heterocycles. The fraction of sp³-hybridized carbons (Fsp3) is 0.526. The normalized spacial score (nSPS) is 34.2. The summed E-state index contributed by atoms with van der Waals surface area (Å²) < 4.78 is 15.6. The summed E-state index contributed by atoms with van der Waals surface area (Å²) in [7, 11) is 4.31. The third-order valence-corrected chi connectivity index (χ3v) is 6.08. The van der Waals surface area contributed by atoms with Crippen LogP contribution in [-0.4, -0.2) is 67.7 Å². The van der Waals surface area contributed by atoms with Crippen molar-refractivity contribution in [2.45, 2.75) is 37.1 Å². The molecule has 0 aromatic heterocycles. The van der Waals surface area contributed by atoms with Crippen molar-refractivity contribution in [3.8, 4) is 5.75 Å². The van der Waals surface area contributed by atoms with Crippen LogP contribution >= 0.6 is 0 Å². The first-order valence-electron chi connectivity index (χ1n) is 8.80. The summed E-state index contributed by atoms with van der Waals surface area (Å²) in [4.78, 5) is 41.9. The number of esters is 1. The number of anilines is 1. The first-order chi connectivity index (χ1) is 12.9. The van der Waals surface area contributed by atoms with Crippen molar-refractivity contribution in [2.24, 2.45) is 5.92 Å². The van der Waals surface area contributed by atoms with Gasteiger partial charge in [-0.1, -0.05) is 0 Å². The molecule has 3 aliphatic heterocycles. The Bertz CT molecular complexity index is 809. The summed E-state index contributed by atoms with van der Waals surface area (Å²) in [5, 5.41) is 0. The lowest BCUT2D eigenvalue weighted by molar-refractivity contribution is -0.159. The van der Waals surface area contributed by atoms with Crippen LogP contribution in [-0.2, 0) is 23.9 Å². The summed E-state index contributed by atoms with van der Waals surface area (Å²) in [5.74, 6) is -0.692. The predicted octanol–water partition coefficient (Wildman–Crippen LogP) is 0.588. The second kappa shape index (κ2) is 5.95. The molecule has 0 bridgehead atoms. The predicted molar refractivity (Wildman–Crippen MR) is 94.2 cm³/mol. The Morgan fingerprint density at radius 3 is 2.30 bits per heavy atom. The fourth-order valence-corrected chi connectivity index (χ4v) is 4.93. The average Bonchev–Trinajstić information content (AvgIpc) is 3.25. The molecule has 5 atom stereocenters. The number of ether oxygens (including phenoxy) is 3. The second-order valence-electron chi connectivity index (χ2n) is 7.33. The van der Waals surface area contributed by atoms with Crippen LogP contribution in [0.5, 0.6) is 5.75 Å². The highest BCUT2D eigenvalue weighted by atomic mass is 16.5. The number of methoxy groups -OCH3 is 3. The molecule has 0 unspecified atom stereocenters. The van der Waals surface area contributed by atoms with E-state index in [0.29, 0.717) is 11.4 Å². The van der Waals surface area contributed by atoms with Crippen molar-refractivity contribution < 1.29 is 28.6 Å². The molecule has 144 valence electrons. The van der Waals surface area contributed by atoms with E-state index in [1.807, 2.05) is 0 Å². The van der Waals surface area contributed by atoms with E-state index < -0.39 is 35.6 Å². The first kappa shape index (κ1) is 17.8. The topological polar surface area (TPSA) is 85.4 Å². The molecule has 1 aromatic rings. The minimum absolute atomic E-state index is 0.109. The van der Waals surface area contributed by atoms with Crippen molar-refractivity contribution in [3.05, 3.63) is 24.3 Å². The minimum Gasteiger partial charge on any atom is -0.497 e. The molecule has 3 fully saturated rings. The molecule has 3 aliphatic rings. The Morgan fingerprint density at radius 1 is 1.07 bits per heavy atom. The summed E-state index contributed by atoms with van der Waals surface area (Å²) in [6.45, 7) is 1.66. The zero-order valence-electron chi connectivity index (χ0n) is 15.7. The molecule has 3 saturated heterocycles. The molecule has 4 rings (SSSR count). The number of benzene rings is 1. The van der Waals surface area contributed by atoms with E-state index in [1.54, 1.807) is 43.2 Å². The van der Waals surface area contributed by atoms with Gasteiger partial charge in [0.05, 0.1) is 32.2 Å². The molecule has 8 heteroatoms. The fourth-order valence-electron chi connectivity index (χ4n) is 4.93. The molecule has 27 heavy (non-hydrogen) atoms. The Labute approximate surface area is 157 Å². The number of carbonyl (C=O) groups excluding carboxylic acids is 3. The van der Waals surface area contributed by atoms with Crippen LogP contribution in [0.4, 0.5) is 5.69 Å². The maximum Gasteiger partial charge on any atom is 0.331 e. The second-order valence-corrected chi connectivity index (χ2v) is 7.33. The molecule has 0 aliphatic carbocycles. The van der Waals surface area contributed by atoms with E-state index in [9.17, 15) is 14.4 Å². The molecule has 0 spiro atoms. The lowest BCUT2D eigenvalue weighted by Gasteiger charge is -2.32. The Morgan fingerprint density at radius 2 is 1.74 bits per heavy atom. The van der Waals surface area contributed by atoms with E-state index in [0.717, 1.165) is 0 Å². The van der Waals surface area contributed by atoms with Gasteiger partial charge < -0.3 is 24.0 Å². The Hall–Kier alpha value is -2.61. The SMILES string of the molecule is COC(=O)[C@]1(C)C[C@@H]2C(=O)N(c3ccc(OC)cc3)[C@H]3[C@@H]2N1C(=O)[C@@H]3OC. The highest BCUT2D eigenvalue weighted by Crippen LogP contribution is 2.52. The molecule has 0 N–H and O–H groups in total. The van der Waals surface area contributed by atoms with Crippen LogP contribution in [0.25, 0.3) is 0 Å². The first-order valence-corrected chi connectivity index (χ1v) is 8.80. The van der Waals surface area contributed by atoms with E-state index in [4.69, 9.17) is 14.2 Å². The van der Waals surface area contributed by atoms with Crippen LogP contribution in [0.2, 0.25) is 0 Å². The number of carbonyl (C=O) groups is 3. The molecule has 1 aromatic carbocycles. The average molecular weight is 374 g/mol. The third-order valence-electron chi connectivity index (χ3n) is 6.08. The van der Waals surface area contributed by atoms with Gasteiger partial charge in [-0.05, 0) is 37.6 Å². The van der Waals surface area contributed by atoms with Crippen molar-refractivity contribution in [1.82, 2.24) is 4.90 Å². The van der Waals surface area contributed by atoms with Crippen molar-refractivity contribution in [1.29, 1.82) is 0 Å². The summed E-state index contributed by atoms with van der Waals surface area (Å²) in [5.41, 5.74) is -0.481. The van der Waals surface area contributed by atoms with Crippen molar-refractivity contribution in [2.75, 3.05) is 26.2 Å². The van der Waals surface area contributed by atoms with E-state index in [-0.39, 0.29) is 18.2 Å². The number of rotatable bonds is 4. The summed E-state index contributed by atoms with van der Waals surface area (Å²) in [6.07, 6.45) is -0.579. The van der Waals surface area contributed by atoms with Gasteiger partial charge in [0.2, 0.25) is 5.91 Å². The van der Waals surface area contributed by atoms with Gasteiger partial charge in [0.1, 0.15) is 11.3 Å². The highest BCUT2D eigenvalue weighted by Gasteiger charge is 2.72. The van der Waals surface area contributed by atoms with Crippen LogP contribution in [0.3, 0.4) is 0 Å². The maximum atomic E-state index is 13.2. The smallest absolute Gasteiger partial charge is 0.331 e. The van der Waals surface area contributed by atoms with Crippen LogP contribution in [0, 0.1) is 5.92 Å². The third kappa shape index (κ3) is 2.16. The molecular weight excluding hydrogens is 352 g/mol. The maximum absolute atomic E-state index is 13.2. The standard InChI is InChI=1S/C19H22N2O6/c1-19(18(24)27-4)9-12-13-14(15(26-3)17(23)21(13)19)20(16(12)22)10-5-7-11(25-2)8-6-10/h5-8,12-15H,9H2,1-4H3/t12-,13+,14-,15+,19-/m0/s1. The van der Waals surface area contributed by atoms with Gasteiger partial charge in [-0.2, -0.15) is 0 Å². The van der Waals surface area contributed by atoms with Crippen molar-refractivity contribution >= 4 is 23.5 Å². The van der Waals surface area contributed by atoms with Gasteiger partial charge in [0, 0.05) is 12.8 Å². The van der Waals surface area contributed by atoms with Gasteiger partial charge in [-0.25, -0.2) is 4.79 Å². The number of amides is 2. The number of hydrogen-bond donors (Lipinski definition) is 0. The Balaban J connectivity index is 1.78. The van der Waals surface area contributed by atoms with E-state index >= 15 is 0 Å². The Kier molecular flexibility index (Phi) is 3.92. The number of hydrogen-bond acceptors (Lipinski definition) is 6. The van der Waals surface area contributed by atoms with Crippen LogP contribution in [0.1, 0.15) is 13.3 Å². The summed E-state index contributed by atoms with van der Waals surface area (Å²) in [6, 6.07) is 6.21. The van der Waals surface area contributed by atoms with E-state index in [2.05, 4.69) is 0 Å². The zero-order valence-corrected chi connectivity index (χ0v) is 15.7. The van der Waals surface area contributed by atoms with Crippen LogP contribution < -0.4 is 9.64 Å². The van der Waals surface area contributed by atoms with Gasteiger partial charge in [0.15, 0.2) is 6.10 Å². The molecule has 0 saturated carbocycles. The quantitative estimate of drug-likeness (QED) is 0.717. The minimum atomic E-state index is -1.16. The lowest BCUT2D eigenvalue weighted by Crippen LogP contribution is -2.52.